The minimum absolute atomic E-state index is 0.928. The molecule has 0 rings (SSSR count). The number of hydrogen-bond acceptors (Lipinski definition) is 1. The van der Waals surface area contributed by atoms with Gasteiger partial charge in [-0.15, -0.1) is 0 Å². The van der Waals surface area contributed by atoms with Gasteiger partial charge in [-0.3, -0.25) is 0 Å². The summed E-state index contributed by atoms with van der Waals surface area (Å²) in [5, 5.41) is 3.47. The molecule has 0 radical (unpaired) electrons. The molecule has 0 saturated carbocycles. The Morgan fingerprint density at radius 1 is 0.857 bits per heavy atom. The average molecular weight is 199 g/mol. The minimum Gasteiger partial charge on any atom is -0.317 e. The molecule has 0 aromatic carbocycles. The molecule has 0 aliphatic rings. The van der Waals surface area contributed by atoms with Crippen LogP contribution in [-0.2, 0) is 0 Å². The van der Waals surface area contributed by atoms with Crippen LogP contribution in [0.4, 0.5) is 0 Å². The molecule has 0 heterocycles. The largest absolute Gasteiger partial charge is 0.317 e. The molecule has 0 spiro atoms. The zero-order valence-electron chi connectivity index (χ0n) is 10.4. The fraction of sp³-hybridized carbons (Fsp3) is 1.00. The van der Waals surface area contributed by atoms with Crippen LogP contribution in [0.25, 0.3) is 0 Å². The number of rotatable bonds is 10. The van der Waals surface area contributed by atoms with Crippen molar-refractivity contribution in [1.29, 1.82) is 0 Å². The molecule has 14 heavy (non-hydrogen) atoms. The molecule has 86 valence electrons. The highest BCUT2D eigenvalue weighted by molar-refractivity contribution is 4.62. The first-order valence-corrected chi connectivity index (χ1v) is 6.55. The fourth-order valence-electron chi connectivity index (χ4n) is 1.96. The fourth-order valence-corrected chi connectivity index (χ4v) is 1.96. The second-order valence-corrected chi connectivity index (χ2v) is 4.31. The number of nitrogens with one attached hydrogen (secondary N) is 1. The predicted molar refractivity (Wildman–Crippen MR) is 65.7 cm³/mol. The third kappa shape index (κ3) is 8.55. The summed E-state index contributed by atoms with van der Waals surface area (Å²) >= 11 is 0. The summed E-state index contributed by atoms with van der Waals surface area (Å²) in [6.45, 7) is 9.12. The maximum Gasteiger partial charge on any atom is -0.00206 e. The standard InChI is InChI=1S/C13H29N/c1-4-7-8-9-11-13(10-5-2)12-14-6-3/h13-14H,4-12H2,1-3H3. The Kier molecular flexibility index (Phi) is 11.0. The zero-order chi connectivity index (χ0) is 10.6. The Bertz CT molecular complexity index is 101. The van der Waals surface area contributed by atoms with Gasteiger partial charge in [0.1, 0.15) is 0 Å². The third-order valence-corrected chi connectivity index (χ3v) is 2.85. The van der Waals surface area contributed by atoms with E-state index < -0.39 is 0 Å². The van der Waals surface area contributed by atoms with E-state index >= 15 is 0 Å². The Morgan fingerprint density at radius 3 is 2.21 bits per heavy atom. The van der Waals surface area contributed by atoms with Crippen LogP contribution >= 0.6 is 0 Å². The van der Waals surface area contributed by atoms with Crippen LogP contribution in [0.5, 0.6) is 0 Å². The van der Waals surface area contributed by atoms with E-state index in [0.717, 1.165) is 12.5 Å². The smallest absolute Gasteiger partial charge is 0.00206 e. The monoisotopic (exact) mass is 199 g/mol. The molecule has 0 aliphatic carbocycles. The quantitative estimate of drug-likeness (QED) is 0.525. The maximum absolute atomic E-state index is 3.47. The molecule has 0 fully saturated rings. The molecule has 1 atom stereocenters. The molecule has 0 aromatic heterocycles. The van der Waals surface area contributed by atoms with Crippen molar-refractivity contribution < 1.29 is 0 Å². The molecule has 0 aromatic rings. The van der Waals surface area contributed by atoms with E-state index in [-0.39, 0.29) is 0 Å². The van der Waals surface area contributed by atoms with Gasteiger partial charge in [0.05, 0.1) is 0 Å². The summed E-state index contributed by atoms with van der Waals surface area (Å²) in [4.78, 5) is 0. The van der Waals surface area contributed by atoms with E-state index in [1.165, 1.54) is 51.5 Å². The first kappa shape index (κ1) is 14.0. The molecule has 1 unspecified atom stereocenters. The van der Waals surface area contributed by atoms with Gasteiger partial charge >= 0.3 is 0 Å². The lowest BCUT2D eigenvalue weighted by Crippen LogP contribution is -2.22. The molecule has 0 amide bonds. The topological polar surface area (TPSA) is 12.0 Å². The van der Waals surface area contributed by atoms with Crippen molar-refractivity contribution in [3.8, 4) is 0 Å². The Labute approximate surface area is 90.7 Å². The molecule has 1 N–H and O–H groups in total. The number of unbranched alkanes of at least 4 members (excludes halogenated alkanes) is 3. The summed E-state index contributed by atoms with van der Waals surface area (Å²) in [5.74, 6) is 0.928. The van der Waals surface area contributed by atoms with Crippen LogP contribution < -0.4 is 5.32 Å². The molecule has 1 heteroatoms. The first-order chi connectivity index (χ1) is 6.85. The van der Waals surface area contributed by atoms with Gasteiger partial charge in [0.25, 0.3) is 0 Å². The van der Waals surface area contributed by atoms with Gasteiger partial charge in [0.2, 0.25) is 0 Å². The van der Waals surface area contributed by atoms with Crippen LogP contribution in [0.1, 0.15) is 65.7 Å². The molecule has 1 nitrogen and oxygen atoms in total. The van der Waals surface area contributed by atoms with Crippen molar-refractivity contribution in [2.45, 2.75) is 65.7 Å². The van der Waals surface area contributed by atoms with Crippen molar-refractivity contribution in [2.75, 3.05) is 13.1 Å². The van der Waals surface area contributed by atoms with E-state index in [2.05, 4.69) is 26.1 Å². The van der Waals surface area contributed by atoms with E-state index in [1.807, 2.05) is 0 Å². The zero-order valence-corrected chi connectivity index (χ0v) is 10.4. The van der Waals surface area contributed by atoms with Gasteiger partial charge < -0.3 is 5.32 Å². The van der Waals surface area contributed by atoms with Gasteiger partial charge in [-0.05, 0) is 31.8 Å². The molecule has 0 saturated heterocycles. The Hall–Kier alpha value is -0.0400. The van der Waals surface area contributed by atoms with Gasteiger partial charge in [-0.2, -0.15) is 0 Å². The SMILES string of the molecule is CCCCCCC(CCC)CNCC. The second kappa shape index (κ2) is 11.0. The van der Waals surface area contributed by atoms with Gasteiger partial charge in [-0.1, -0.05) is 52.9 Å². The van der Waals surface area contributed by atoms with Crippen LogP contribution in [0.15, 0.2) is 0 Å². The van der Waals surface area contributed by atoms with Crippen molar-refractivity contribution in [1.82, 2.24) is 5.32 Å². The first-order valence-electron chi connectivity index (χ1n) is 6.55. The van der Waals surface area contributed by atoms with Crippen molar-refractivity contribution in [2.24, 2.45) is 5.92 Å². The van der Waals surface area contributed by atoms with Crippen LogP contribution in [0.3, 0.4) is 0 Å². The minimum atomic E-state index is 0.928. The van der Waals surface area contributed by atoms with E-state index in [0.29, 0.717) is 0 Å². The predicted octanol–water partition coefficient (Wildman–Crippen LogP) is 3.98. The lowest BCUT2D eigenvalue weighted by atomic mass is 9.96. The van der Waals surface area contributed by atoms with Crippen LogP contribution in [0, 0.1) is 5.92 Å². The Morgan fingerprint density at radius 2 is 1.64 bits per heavy atom. The van der Waals surface area contributed by atoms with Crippen LogP contribution in [-0.4, -0.2) is 13.1 Å². The summed E-state index contributed by atoms with van der Waals surface area (Å²) < 4.78 is 0. The Balaban J connectivity index is 3.40. The highest BCUT2D eigenvalue weighted by atomic mass is 14.8. The van der Waals surface area contributed by atoms with Gasteiger partial charge in [-0.25, -0.2) is 0 Å². The molecule has 0 aliphatic heterocycles. The van der Waals surface area contributed by atoms with E-state index in [1.54, 1.807) is 0 Å². The third-order valence-electron chi connectivity index (χ3n) is 2.85. The normalized spacial score (nSPS) is 13.1. The van der Waals surface area contributed by atoms with E-state index in [9.17, 15) is 0 Å². The summed E-state index contributed by atoms with van der Waals surface area (Å²) in [6, 6.07) is 0. The van der Waals surface area contributed by atoms with Crippen molar-refractivity contribution in [3.63, 3.8) is 0 Å². The lowest BCUT2D eigenvalue weighted by molar-refractivity contribution is 0.400. The van der Waals surface area contributed by atoms with Crippen molar-refractivity contribution >= 4 is 0 Å². The average Bonchev–Trinajstić information content (AvgIpc) is 2.20. The lowest BCUT2D eigenvalue weighted by Gasteiger charge is -2.16. The summed E-state index contributed by atoms with van der Waals surface area (Å²) in [5.41, 5.74) is 0. The van der Waals surface area contributed by atoms with Gasteiger partial charge in [0, 0.05) is 0 Å². The molecule has 0 bridgehead atoms. The van der Waals surface area contributed by atoms with Crippen LogP contribution in [0.2, 0.25) is 0 Å². The van der Waals surface area contributed by atoms with Gasteiger partial charge in [0.15, 0.2) is 0 Å². The second-order valence-electron chi connectivity index (χ2n) is 4.31. The highest BCUT2D eigenvalue weighted by Gasteiger charge is 2.05. The maximum atomic E-state index is 3.47. The molecular formula is C13H29N. The molecular weight excluding hydrogens is 170 g/mol. The number of hydrogen-bond donors (Lipinski definition) is 1. The summed E-state index contributed by atoms with van der Waals surface area (Å²) in [7, 11) is 0. The van der Waals surface area contributed by atoms with E-state index in [4.69, 9.17) is 0 Å². The van der Waals surface area contributed by atoms with Crippen molar-refractivity contribution in [3.05, 3.63) is 0 Å². The summed E-state index contributed by atoms with van der Waals surface area (Å²) in [6.07, 6.45) is 9.81. The highest BCUT2D eigenvalue weighted by Crippen LogP contribution is 2.15.